The van der Waals surface area contributed by atoms with Crippen LogP contribution in [0.1, 0.15) is 5.76 Å². The summed E-state index contributed by atoms with van der Waals surface area (Å²) in [4.78, 5) is 25.9. The predicted octanol–water partition coefficient (Wildman–Crippen LogP) is 2.08. The van der Waals surface area contributed by atoms with Crippen molar-refractivity contribution in [1.82, 2.24) is 5.16 Å². The van der Waals surface area contributed by atoms with Crippen molar-refractivity contribution in [3.63, 3.8) is 0 Å². The lowest BCUT2D eigenvalue weighted by Gasteiger charge is -2.29. The van der Waals surface area contributed by atoms with E-state index < -0.39 is 0 Å². The molecule has 0 radical (unpaired) electrons. The maximum atomic E-state index is 12.4. The molecule has 1 aliphatic heterocycles. The Kier molecular flexibility index (Phi) is 5.05. The van der Waals surface area contributed by atoms with Crippen molar-refractivity contribution >= 4 is 35.1 Å². The molecule has 2 heterocycles. The summed E-state index contributed by atoms with van der Waals surface area (Å²) in [6.45, 7) is 2.73. The molecule has 2 amide bonds. The number of para-hydroxylation sites is 2. The topological polar surface area (TPSA) is 84.7 Å². The van der Waals surface area contributed by atoms with Gasteiger partial charge < -0.3 is 19.5 Å². The lowest BCUT2D eigenvalue weighted by molar-refractivity contribution is -0.116. The Bertz CT molecular complexity index is 746. The van der Waals surface area contributed by atoms with Crippen LogP contribution in [-0.4, -0.2) is 41.6 Å². The fourth-order valence-electron chi connectivity index (χ4n) is 2.34. The first kappa shape index (κ1) is 16.4. The van der Waals surface area contributed by atoms with E-state index in [-0.39, 0.29) is 23.3 Å². The maximum absolute atomic E-state index is 12.4. The van der Waals surface area contributed by atoms with E-state index in [1.165, 1.54) is 11.8 Å². The third-order valence-electron chi connectivity index (χ3n) is 3.38. The predicted molar refractivity (Wildman–Crippen MR) is 91.5 cm³/mol. The quantitative estimate of drug-likeness (QED) is 0.891. The number of hydrogen-bond donors (Lipinski definition) is 1. The Morgan fingerprint density at radius 1 is 1.33 bits per heavy atom. The van der Waals surface area contributed by atoms with E-state index in [2.05, 4.69) is 10.5 Å². The van der Waals surface area contributed by atoms with Crippen molar-refractivity contribution in [3.8, 4) is 5.75 Å². The van der Waals surface area contributed by atoms with Crippen molar-refractivity contribution < 1.29 is 18.8 Å². The van der Waals surface area contributed by atoms with Gasteiger partial charge in [-0.1, -0.05) is 17.3 Å². The number of anilines is 2. The van der Waals surface area contributed by atoms with Gasteiger partial charge in [-0.2, -0.15) is 0 Å². The number of thioether (sulfide) groups is 1. The number of hydrogen-bond acceptors (Lipinski definition) is 6. The van der Waals surface area contributed by atoms with Crippen molar-refractivity contribution in [1.29, 1.82) is 0 Å². The van der Waals surface area contributed by atoms with Crippen LogP contribution in [0.2, 0.25) is 0 Å². The van der Waals surface area contributed by atoms with Crippen molar-refractivity contribution in [3.05, 3.63) is 36.1 Å². The number of nitrogens with zero attached hydrogens (tertiary/aromatic N) is 2. The minimum atomic E-state index is -0.219. The summed E-state index contributed by atoms with van der Waals surface area (Å²) in [5.41, 5.74) is 0.775. The summed E-state index contributed by atoms with van der Waals surface area (Å²) >= 11 is 1.26. The zero-order chi connectivity index (χ0) is 16.9. The maximum Gasteiger partial charge on any atom is 0.237 e. The number of ether oxygens (including phenoxy) is 1. The number of benzene rings is 1. The second-order valence-electron chi connectivity index (χ2n) is 5.23. The SMILES string of the molecule is Cc1cc(NC(=O)CSCC(=O)N2CCOc3ccccc32)no1. The molecule has 0 unspecified atom stereocenters. The van der Waals surface area contributed by atoms with E-state index in [0.29, 0.717) is 30.5 Å². The third-order valence-corrected chi connectivity index (χ3v) is 4.30. The summed E-state index contributed by atoms with van der Waals surface area (Å²) in [6.07, 6.45) is 0. The van der Waals surface area contributed by atoms with Crippen molar-refractivity contribution in [2.24, 2.45) is 0 Å². The molecule has 0 saturated heterocycles. The molecule has 0 saturated carbocycles. The van der Waals surface area contributed by atoms with Crippen LogP contribution in [0.15, 0.2) is 34.9 Å². The summed E-state index contributed by atoms with van der Waals surface area (Å²) in [7, 11) is 0. The van der Waals surface area contributed by atoms with E-state index >= 15 is 0 Å². The van der Waals surface area contributed by atoms with Gasteiger partial charge in [0.15, 0.2) is 5.82 Å². The molecule has 0 fully saturated rings. The highest BCUT2D eigenvalue weighted by molar-refractivity contribution is 8.00. The molecular weight excluding hydrogens is 330 g/mol. The first-order valence-corrected chi connectivity index (χ1v) is 8.62. The van der Waals surface area contributed by atoms with Gasteiger partial charge in [-0.05, 0) is 19.1 Å². The van der Waals surface area contributed by atoms with Gasteiger partial charge in [0, 0.05) is 6.07 Å². The monoisotopic (exact) mass is 347 g/mol. The molecule has 1 aromatic heterocycles. The number of nitrogens with one attached hydrogen (secondary N) is 1. The Morgan fingerprint density at radius 3 is 2.96 bits per heavy atom. The number of aryl methyl sites for hydroxylation is 1. The zero-order valence-electron chi connectivity index (χ0n) is 13.2. The van der Waals surface area contributed by atoms with E-state index in [1.54, 1.807) is 17.9 Å². The van der Waals surface area contributed by atoms with E-state index in [9.17, 15) is 9.59 Å². The first-order valence-electron chi connectivity index (χ1n) is 7.46. The minimum absolute atomic E-state index is 0.0409. The van der Waals surface area contributed by atoms with Crippen LogP contribution in [0, 0.1) is 6.92 Å². The highest BCUT2D eigenvalue weighted by Gasteiger charge is 2.23. The molecule has 7 nitrogen and oxygen atoms in total. The van der Waals surface area contributed by atoms with Gasteiger partial charge in [-0.25, -0.2) is 0 Å². The normalized spacial score (nSPS) is 13.1. The lowest BCUT2D eigenvalue weighted by atomic mass is 10.2. The molecule has 0 spiro atoms. The second-order valence-corrected chi connectivity index (χ2v) is 6.21. The standard InChI is InChI=1S/C16H17N3O4S/c1-11-8-14(18-23-11)17-15(20)9-24-10-16(21)19-6-7-22-13-5-3-2-4-12(13)19/h2-5,8H,6-7,9-10H2,1H3,(H,17,18,20). The molecule has 8 heteroatoms. The van der Waals surface area contributed by atoms with Crippen molar-refractivity contribution in [2.45, 2.75) is 6.92 Å². The Balaban J connectivity index is 1.49. The van der Waals surface area contributed by atoms with Crippen LogP contribution in [-0.2, 0) is 9.59 Å². The molecule has 0 aliphatic carbocycles. The second kappa shape index (κ2) is 7.39. The van der Waals surface area contributed by atoms with Crippen LogP contribution in [0.25, 0.3) is 0 Å². The van der Waals surface area contributed by atoms with Crippen LogP contribution >= 0.6 is 11.8 Å². The first-order chi connectivity index (χ1) is 11.6. The zero-order valence-corrected chi connectivity index (χ0v) is 14.0. The lowest BCUT2D eigenvalue weighted by Crippen LogP contribution is -2.39. The van der Waals surface area contributed by atoms with Gasteiger partial charge in [0.2, 0.25) is 11.8 Å². The van der Waals surface area contributed by atoms with Gasteiger partial charge in [0.25, 0.3) is 0 Å². The molecule has 2 aromatic rings. The van der Waals surface area contributed by atoms with Crippen LogP contribution in [0.5, 0.6) is 5.75 Å². The summed E-state index contributed by atoms with van der Waals surface area (Å²) < 4.78 is 10.4. The molecule has 1 aliphatic rings. The number of rotatable bonds is 5. The minimum Gasteiger partial charge on any atom is -0.490 e. The summed E-state index contributed by atoms with van der Waals surface area (Å²) in [5, 5.41) is 6.31. The van der Waals surface area contributed by atoms with E-state index in [1.807, 2.05) is 24.3 Å². The van der Waals surface area contributed by atoms with Crippen LogP contribution < -0.4 is 15.0 Å². The average molecular weight is 347 g/mol. The fraction of sp³-hybridized carbons (Fsp3) is 0.312. The van der Waals surface area contributed by atoms with Crippen LogP contribution in [0.4, 0.5) is 11.5 Å². The van der Waals surface area contributed by atoms with E-state index in [0.717, 1.165) is 5.69 Å². The highest BCUT2D eigenvalue weighted by atomic mass is 32.2. The Hall–Kier alpha value is -2.48. The van der Waals surface area contributed by atoms with Gasteiger partial charge in [-0.3, -0.25) is 9.59 Å². The number of aromatic nitrogens is 1. The summed E-state index contributed by atoms with van der Waals surface area (Å²) in [6, 6.07) is 9.08. The molecule has 3 rings (SSSR count). The number of fused-ring (bicyclic) bond motifs is 1. The molecule has 126 valence electrons. The molecule has 1 aromatic carbocycles. The Morgan fingerprint density at radius 2 is 2.17 bits per heavy atom. The smallest absolute Gasteiger partial charge is 0.237 e. The Labute approximate surface area is 143 Å². The average Bonchev–Trinajstić information content (AvgIpc) is 2.99. The highest BCUT2D eigenvalue weighted by Crippen LogP contribution is 2.31. The number of amides is 2. The molecule has 0 bridgehead atoms. The largest absolute Gasteiger partial charge is 0.490 e. The summed E-state index contributed by atoms with van der Waals surface area (Å²) in [5.74, 6) is 1.85. The fourth-order valence-corrected chi connectivity index (χ4v) is 3.03. The van der Waals surface area contributed by atoms with Crippen molar-refractivity contribution in [2.75, 3.05) is 34.9 Å². The van der Waals surface area contributed by atoms with Crippen LogP contribution in [0.3, 0.4) is 0 Å². The molecule has 24 heavy (non-hydrogen) atoms. The van der Waals surface area contributed by atoms with Gasteiger partial charge in [0.1, 0.15) is 18.1 Å². The third kappa shape index (κ3) is 3.88. The molecular formula is C16H17N3O4S. The number of carbonyl (C=O) groups excluding carboxylic acids is 2. The molecule has 0 atom stereocenters. The van der Waals surface area contributed by atoms with Gasteiger partial charge >= 0.3 is 0 Å². The molecule has 1 N–H and O–H groups in total. The van der Waals surface area contributed by atoms with Gasteiger partial charge in [-0.15, -0.1) is 11.8 Å². The number of carbonyl (C=O) groups is 2. The van der Waals surface area contributed by atoms with E-state index in [4.69, 9.17) is 9.26 Å². The van der Waals surface area contributed by atoms with Gasteiger partial charge in [0.05, 0.1) is 23.7 Å².